The summed E-state index contributed by atoms with van der Waals surface area (Å²) < 4.78 is 5.13. The van der Waals surface area contributed by atoms with Gasteiger partial charge >= 0.3 is 0 Å². The molecule has 0 atom stereocenters. The fraction of sp³-hybridized carbons (Fsp3) is 0.0357. The van der Waals surface area contributed by atoms with Gasteiger partial charge < -0.3 is 18.9 Å². The fourth-order valence-corrected chi connectivity index (χ4v) is 10.4. The molecule has 0 aliphatic carbocycles. The van der Waals surface area contributed by atoms with Crippen LogP contribution in [0.25, 0.3) is 55.0 Å². The second kappa shape index (κ2) is 12.8. The maximum atomic E-state index is 2.56. The van der Waals surface area contributed by atoms with E-state index in [4.69, 9.17) is 0 Å². The molecule has 0 radical (unpaired) electrons. The van der Waals surface area contributed by atoms with Gasteiger partial charge in [-0.05, 0) is 96.1 Å². The Hall–Kier alpha value is -7.82. The van der Waals surface area contributed by atoms with Gasteiger partial charge in [0.1, 0.15) is 0 Å². The first kappa shape index (κ1) is 33.2. The number of benzene rings is 9. The Morgan fingerprint density at radius 1 is 0.317 bits per heavy atom. The van der Waals surface area contributed by atoms with Gasteiger partial charge in [-0.3, -0.25) is 0 Å². The molecule has 0 spiro atoms. The van der Waals surface area contributed by atoms with E-state index in [0.717, 1.165) is 35.6 Å². The van der Waals surface area contributed by atoms with Crippen LogP contribution in [0.15, 0.2) is 206 Å². The number of hydrogen-bond donors (Lipinski definition) is 0. The van der Waals surface area contributed by atoms with Gasteiger partial charge in [0.05, 0.1) is 33.4 Å². The summed E-state index contributed by atoms with van der Waals surface area (Å²) in [6, 6.07) is 75.6. The zero-order valence-corrected chi connectivity index (χ0v) is 32.8. The third kappa shape index (κ3) is 4.73. The van der Waals surface area contributed by atoms with Crippen molar-refractivity contribution in [3.8, 4) is 11.4 Å². The van der Waals surface area contributed by atoms with Gasteiger partial charge in [-0.1, -0.05) is 121 Å². The molecule has 0 saturated heterocycles. The summed E-state index contributed by atoms with van der Waals surface area (Å²) >= 11 is 0. The van der Waals surface area contributed by atoms with E-state index < -0.39 is 0 Å². The second-order valence-corrected chi connectivity index (χ2v) is 16.1. The molecule has 9 aromatic carbocycles. The van der Waals surface area contributed by atoms with E-state index in [1.807, 2.05) is 0 Å². The van der Waals surface area contributed by atoms with Crippen molar-refractivity contribution in [1.29, 1.82) is 0 Å². The highest BCUT2D eigenvalue weighted by Gasteiger charge is 2.31. The molecule has 60 heavy (non-hydrogen) atoms. The lowest BCUT2D eigenvalue weighted by atomic mass is 9.95. The van der Waals surface area contributed by atoms with E-state index in [0.29, 0.717) is 0 Å². The second-order valence-electron chi connectivity index (χ2n) is 16.1. The van der Waals surface area contributed by atoms with Crippen LogP contribution in [-0.2, 0) is 12.8 Å². The van der Waals surface area contributed by atoms with Crippen molar-refractivity contribution in [2.24, 2.45) is 0 Å². The van der Waals surface area contributed by atoms with E-state index in [1.165, 1.54) is 88.6 Å². The van der Waals surface area contributed by atoms with Crippen molar-refractivity contribution < 1.29 is 0 Å². The van der Waals surface area contributed by atoms with Crippen LogP contribution in [0.1, 0.15) is 22.3 Å². The summed E-state index contributed by atoms with van der Waals surface area (Å²) in [5, 5.41) is 5.10. The standard InChI is InChI=1S/C56H38N4/c1-5-19-39(20-6-1)57(40-21-7-2-8-22-40)51-31-29-43-45-35-54-46(36-53(45)59-49-27-15-13-17-37(49)33-47(51)55(43)59)44-30-32-52(48-34-38-18-14-16-28-50(38)60(54)56(44)48)58(41-23-9-3-10-24-41)42-25-11-4-12-26-42/h1-32,35-36H,33-34H2. The first-order chi connectivity index (χ1) is 29.8. The van der Waals surface area contributed by atoms with Gasteiger partial charge in [-0.2, -0.15) is 0 Å². The molecule has 4 nitrogen and oxygen atoms in total. The maximum Gasteiger partial charge on any atom is 0.0597 e. The number of anilines is 6. The molecule has 0 N–H and O–H groups in total. The van der Waals surface area contributed by atoms with Crippen molar-refractivity contribution in [2.75, 3.05) is 9.80 Å². The molecule has 2 aliphatic heterocycles. The van der Waals surface area contributed by atoms with Gasteiger partial charge in [-0.25, -0.2) is 0 Å². The molecule has 0 fully saturated rings. The Morgan fingerprint density at radius 2 is 0.650 bits per heavy atom. The van der Waals surface area contributed by atoms with E-state index in [2.05, 4.69) is 225 Å². The Bertz CT molecular complexity index is 3160. The largest absolute Gasteiger partial charge is 0.310 e. The predicted octanol–water partition coefficient (Wildman–Crippen LogP) is 14.6. The summed E-state index contributed by atoms with van der Waals surface area (Å²) in [7, 11) is 0. The Morgan fingerprint density at radius 3 is 1.02 bits per heavy atom. The van der Waals surface area contributed by atoms with Crippen LogP contribution in [0.2, 0.25) is 0 Å². The third-order valence-electron chi connectivity index (χ3n) is 12.9. The smallest absolute Gasteiger partial charge is 0.0597 e. The zero-order chi connectivity index (χ0) is 39.3. The molecule has 0 bridgehead atoms. The van der Waals surface area contributed by atoms with E-state index in [-0.39, 0.29) is 0 Å². The minimum atomic E-state index is 0.850. The van der Waals surface area contributed by atoms with Gasteiger partial charge in [0, 0.05) is 79.6 Å². The molecule has 4 heteroatoms. The van der Waals surface area contributed by atoms with Crippen molar-refractivity contribution in [3.05, 3.63) is 229 Å². The molecule has 11 aromatic rings. The number of aromatic nitrogens is 2. The molecule has 0 unspecified atom stereocenters. The van der Waals surface area contributed by atoms with Crippen molar-refractivity contribution in [2.45, 2.75) is 12.8 Å². The van der Waals surface area contributed by atoms with Gasteiger partial charge in [0.15, 0.2) is 0 Å². The van der Waals surface area contributed by atoms with Crippen molar-refractivity contribution in [1.82, 2.24) is 9.13 Å². The van der Waals surface area contributed by atoms with Crippen LogP contribution in [-0.4, -0.2) is 9.13 Å². The summed E-state index contributed by atoms with van der Waals surface area (Å²) in [5.41, 5.74) is 19.9. The van der Waals surface area contributed by atoms with E-state index >= 15 is 0 Å². The number of fused-ring (bicyclic) bond motifs is 10. The highest BCUT2D eigenvalue weighted by molar-refractivity contribution is 6.21. The third-order valence-corrected chi connectivity index (χ3v) is 12.9. The first-order valence-corrected chi connectivity index (χ1v) is 20.9. The molecule has 2 aliphatic rings. The lowest BCUT2D eigenvalue weighted by Gasteiger charge is -2.30. The molecule has 2 aromatic heterocycles. The minimum absolute atomic E-state index is 0.850. The molecular weight excluding hydrogens is 729 g/mol. The van der Waals surface area contributed by atoms with Crippen LogP contribution in [0, 0.1) is 0 Å². The van der Waals surface area contributed by atoms with E-state index in [9.17, 15) is 0 Å². The predicted molar refractivity (Wildman–Crippen MR) is 250 cm³/mol. The molecule has 4 heterocycles. The number of para-hydroxylation sites is 6. The molecule has 0 amide bonds. The average molecular weight is 767 g/mol. The normalized spacial score (nSPS) is 12.5. The topological polar surface area (TPSA) is 16.3 Å². The minimum Gasteiger partial charge on any atom is -0.310 e. The molecule has 282 valence electrons. The van der Waals surface area contributed by atoms with Crippen LogP contribution >= 0.6 is 0 Å². The Balaban J connectivity index is 1.12. The summed E-state index contributed by atoms with van der Waals surface area (Å²) in [5.74, 6) is 0. The number of hydrogen-bond acceptors (Lipinski definition) is 2. The highest BCUT2D eigenvalue weighted by atomic mass is 15.2. The van der Waals surface area contributed by atoms with Crippen LogP contribution in [0.3, 0.4) is 0 Å². The first-order valence-electron chi connectivity index (χ1n) is 20.9. The number of nitrogens with zero attached hydrogens (tertiary/aromatic N) is 4. The monoisotopic (exact) mass is 766 g/mol. The molecular formula is C56H38N4. The highest BCUT2D eigenvalue weighted by Crippen LogP contribution is 2.50. The Kier molecular flexibility index (Phi) is 7.10. The SMILES string of the molecule is c1ccc(N(c2ccccc2)c2ccc3c4cc5c(cc4n4c3c2Cc2ccccc2-4)c2ccc(N(c3ccccc3)c3ccccc3)c3c2n5-c2ccccc2C3)cc1. The number of rotatable bonds is 6. The van der Waals surface area contributed by atoms with Crippen LogP contribution < -0.4 is 9.80 Å². The van der Waals surface area contributed by atoms with Crippen LogP contribution in [0.5, 0.6) is 0 Å². The van der Waals surface area contributed by atoms with Crippen LogP contribution in [0.4, 0.5) is 34.1 Å². The Labute approximate surface area is 348 Å². The average Bonchev–Trinajstić information content (AvgIpc) is 3.82. The van der Waals surface area contributed by atoms with Crippen molar-refractivity contribution in [3.63, 3.8) is 0 Å². The molecule has 0 saturated carbocycles. The van der Waals surface area contributed by atoms with Gasteiger partial charge in [-0.15, -0.1) is 0 Å². The summed E-state index contributed by atoms with van der Waals surface area (Å²) in [4.78, 5) is 4.86. The lowest BCUT2D eigenvalue weighted by Crippen LogP contribution is -2.15. The molecule has 13 rings (SSSR count). The van der Waals surface area contributed by atoms with Crippen molar-refractivity contribution >= 4 is 77.7 Å². The maximum absolute atomic E-state index is 2.56. The fourth-order valence-electron chi connectivity index (χ4n) is 10.4. The summed E-state index contributed by atoms with van der Waals surface area (Å²) in [6.07, 6.45) is 1.70. The van der Waals surface area contributed by atoms with E-state index in [1.54, 1.807) is 0 Å². The lowest BCUT2D eigenvalue weighted by molar-refractivity contribution is 1.04. The van der Waals surface area contributed by atoms with Gasteiger partial charge in [0.2, 0.25) is 0 Å². The van der Waals surface area contributed by atoms with Gasteiger partial charge in [0.25, 0.3) is 0 Å². The quantitative estimate of drug-likeness (QED) is 0.168. The summed E-state index contributed by atoms with van der Waals surface area (Å²) in [6.45, 7) is 0. The zero-order valence-electron chi connectivity index (χ0n) is 32.8.